The van der Waals surface area contributed by atoms with Crippen LogP contribution in [0.4, 0.5) is 0 Å². The highest BCUT2D eigenvalue weighted by atomic mass is 16.5. The van der Waals surface area contributed by atoms with Gasteiger partial charge in [0, 0.05) is 30.8 Å². The van der Waals surface area contributed by atoms with Crippen molar-refractivity contribution in [2.75, 3.05) is 32.8 Å². The predicted octanol–water partition coefficient (Wildman–Crippen LogP) is 2.96. The van der Waals surface area contributed by atoms with Crippen LogP contribution >= 0.6 is 0 Å². The van der Waals surface area contributed by atoms with E-state index in [4.69, 9.17) is 14.6 Å². The second-order valence-corrected chi connectivity index (χ2v) is 8.56. The highest BCUT2D eigenvalue weighted by Crippen LogP contribution is 2.30. The van der Waals surface area contributed by atoms with E-state index in [-0.39, 0.29) is 6.61 Å². The van der Waals surface area contributed by atoms with Crippen molar-refractivity contribution in [3.05, 3.63) is 78.9 Å². The molecule has 5 aromatic rings. The van der Waals surface area contributed by atoms with Crippen LogP contribution in [0.2, 0.25) is 0 Å². The first-order valence-electron chi connectivity index (χ1n) is 12.0. The molecule has 0 aliphatic carbocycles. The summed E-state index contributed by atoms with van der Waals surface area (Å²) in [6.07, 6.45) is 1.75. The van der Waals surface area contributed by atoms with E-state index in [0.717, 1.165) is 56.1 Å². The zero-order valence-electron chi connectivity index (χ0n) is 19.8. The largest absolute Gasteiger partial charge is 0.468 e. The van der Waals surface area contributed by atoms with Crippen molar-refractivity contribution in [2.45, 2.75) is 13.2 Å². The van der Waals surface area contributed by atoms with Crippen molar-refractivity contribution >= 4 is 5.65 Å². The Labute approximate surface area is 208 Å². The van der Waals surface area contributed by atoms with Gasteiger partial charge in [-0.2, -0.15) is 9.61 Å². The maximum Gasteiger partial charge on any atom is 0.240 e. The molecule has 0 N–H and O–H groups in total. The number of nitrogens with zero attached hydrogens (tertiary/aromatic N) is 8. The molecule has 0 atom stereocenters. The minimum absolute atomic E-state index is 0.200. The molecule has 0 saturated carbocycles. The second-order valence-electron chi connectivity index (χ2n) is 8.56. The average Bonchev–Trinajstić information content (AvgIpc) is 3.58. The van der Waals surface area contributed by atoms with Gasteiger partial charge in [-0.3, -0.25) is 9.58 Å². The van der Waals surface area contributed by atoms with Gasteiger partial charge >= 0.3 is 0 Å². The maximum absolute atomic E-state index is 6.20. The molecule has 2 aromatic carbocycles. The highest BCUT2D eigenvalue weighted by molar-refractivity contribution is 5.72. The van der Waals surface area contributed by atoms with Gasteiger partial charge in [-0.15, -0.1) is 15.3 Å². The van der Waals surface area contributed by atoms with E-state index in [9.17, 15) is 0 Å². The normalized spacial score (nSPS) is 14.3. The van der Waals surface area contributed by atoms with Crippen molar-refractivity contribution in [1.82, 2.24) is 39.5 Å². The van der Waals surface area contributed by atoms with Crippen LogP contribution in [0.3, 0.4) is 0 Å². The fraction of sp³-hybridized carbons (Fsp3) is 0.269. The topological polar surface area (TPSA) is 95.5 Å². The third kappa shape index (κ3) is 4.81. The first kappa shape index (κ1) is 22.3. The fourth-order valence-corrected chi connectivity index (χ4v) is 4.22. The zero-order valence-corrected chi connectivity index (χ0v) is 19.8. The van der Waals surface area contributed by atoms with Gasteiger partial charge in [0.2, 0.25) is 5.88 Å². The monoisotopic (exact) mass is 482 g/mol. The average molecular weight is 483 g/mol. The van der Waals surface area contributed by atoms with Gasteiger partial charge in [0.1, 0.15) is 6.33 Å². The molecule has 10 nitrogen and oxygen atoms in total. The second kappa shape index (κ2) is 10.2. The molecule has 1 aliphatic rings. The Morgan fingerprint density at radius 2 is 1.58 bits per heavy atom. The quantitative estimate of drug-likeness (QED) is 0.333. The number of ether oxygens (including phenoxy) is 2. The maximum atomic E-state index is 6.20. The standard InChI is InChI=1S/C26H26N8O2/c1-3-7-20(8-4-1)22-17-24-28-29-25(21-9-5-2-6-10-21)34(24)31-26(22)36-18-23-27-19-33(30-23)12-11-32-13-15-35-16-14-32/h1-10,17,19H,11-16,18H2. The van der Waals surface area contributed by atoms with Crippen LogP contribution in [0.25, 0.3) is 28.2 Å². The van der Waals surface area contributed by atoms with Crippen LogP contribution in [0.15, 0.2) is 73.1 Å². The summed E-state index contributed by atoms with van der Waals surface area (Å²) in [5.41, 5.74) is 3.39. The fourth-order valence-electron chi connectivity index (χ4n) is 4.22. The van der Waals surface area contributed by atoms with Gasteiger partial charge in [0.05, 0.1) is 19.8 Å². The van der Waals surface area contributed by atoms with E-state index in [1.54, 1.807) is 10.8 Å². The number of hydrogen-bond donors (Lipinski definition) is 0. The third-order valence-corrected chi connectivity index (χ3v) is 6.15. The summed E-state index contributed by atoms with van der Waals surface area (Å²) in [4.78, 5) is 6.81. The Balaban J connectivity index is 1.25. The molecule has 1 fully saturated rings. The molecule has 1 saturated heterocycles. The number of hydrogen-bond acceptors (Lipinski definition) is 8. The lowest BCUT2D eigenvalue weighted by atomic mass is 10.1. The number of morpholine rings is 1. The van der Waals surface area contributed by atoms with Crippen LogP contribution in [-0.2, 0) is 17.9 Å². The molecule has 1 aliphatic heterocycles. The Morgan fingerprint density at radius 1 is 0.833 bits per heavy atom. The molecule has 36 heavy (non-hydrogen) atoms. The van der Waals surface area contributed by atoms with E-state index in [1.165, 1.54) is 0 Å². The Hall–Kier alpha value is -4.15. The van der Waals surface area contributed by atoms with Gasteiger partial charge < -0.3 is 9.47 Å². The molecule has 0 radical (unpaired) electrons. The van der Waals surface area contributed by atoms with Gasteiger partial charge in [0.15, 0.2) is 23.9 Å². The van der Waals surface area contributed by atoms with Crippen LogP contribution < -0.4 is 4.74 Å². The Morgan fingerprint density at radius 3 is 2.36 bits per heavy atom. The van der Waals surface area contributed by atoms with Crippen LogP contribution in [0.5, 0.6) is 5.88 Å². The molecular weight excluding hydrogens is 456 g/mol. The minimum atomic E-state index is 0.200. The van der Waals surface area contributed by atoms with E-state index < -0.39 is 0 Å². The lowest BCUT2D eigenvalue weighted by Gasteiger charge is -2.26. The first-order valence-corrected chi connectivity index (χ1v) is 12.0. The molecule has 0 spiro atoms. The van der Waals surface area contributed by atoms with Gasteiger partial charge in [-0.05, 0) is 11.6 Å². The lowest BCUT2D eigenvalue weighted by molar-refractivity contribution is 0.0359. The van der Waals surface area contributed by atoms with Crippen molar-refractivity contribution in [3.8, 4) is 28.4 Å². The van der Waals surface area contributed by atoms with E-state index >= 15 is 0 Å². The predicted molar refractivity (Wildman–Crippen MR) is 133 cm³/mol. The summed E-state index contributed by atoms with van der Waals surface area (Å²) < 4.78 is 15.2. The summed E-state index contributed by atoms with van der Waals surface area (Å²) >= 11 is 0. The summed E-state index contributed by atoms with van der Waals surface area (Å²) in [6, 6.07) is 21.8. The molecule has 3 aromatic heterocycles. The Bertz CT molecular complexity index is 1430. The van der Waals surface area contributed by atoms with E-state index in [2.05, 4.69) is 25.2 Å². The number of rotatable bonds is 8. The first-order chi connectivity index (χ1) is 17.8. The van der Waals surface area contributed by atoms with Crippen molar-refractivity contribution in [1.29, 1.82) is 0 Å². The van der Waals surface area contributed by atoms with Crippen molar-refractivity contribution in [2.24, 2.45) is 0 Å². The molecule has 6 rings (SSSR count). The number of benzene rings is 2. The van der Waals surface area contributed by atoms with Crippen LogP contribution in [-0.4, -0.2) is 72.3 Å². The third-order valence-electron chi connectivity index (χ3n) is 6.15. The van der Waals surface area contributed by atoms with Gasteiger partial charge in [0.25, 0.3) is 0 Å². The number of aromatic nitrogens is 7. The minimum Gasteiger partial charge on any atom is -0.468 e. The van der Waals surface area contributed by atoms with Crippen LogP contribution in [0, 0.1) is 0 Å². The summed E-state index contributed by atoms with van der Waals surface area (Å²) in [6.45, 7) is 5.37. The number of fused-ring (bicyclic) bond motifs is 1. The molecule has 0 unspecified atom stereocenters. The lowest BCUT2D eigenvalue weighted by Crippen LogP contribution is -2.38. The summed E-state index contributed by atoms with van der Waals surface area (Å²) in [5.74, 6) is 1.72. The van der Waals surface area contributed by atoms with Crippen LogP contribution in [0.1, 0.15) is 5.82 Å². The molecule has 182 valence electrons. The van der Waals surface area contributed by atoms with E-state index in [0.29, 0.717) is 23.2 Å². The Kier molecular flexibility index (Phi) is 6.34. The zero-order chi connectivity index (χ0) is 24.2. The van der Waals surface area contributed by atoms with Crippen molar-refractivity contribution in [3.63, 3.8) is 0 Å². The molecule has 4 heterocycles. The summed E-state index contributed by atoms with van der Waals surface area (Å²) in [7, 11) is 0. The molecule has 10 heteroatoms. The van der Waals surface area contributed by atoms with Gasteiger partial charge in [-0.1, -0.05) is 60.7 Å². The van der Waals surface area contributed by atoms with Crippen molar-refractivity contribution < 1.29 is 9.47 Å². The summed E-state index contributed by atoms with van der Waals surface area (Å²) in [5, 5.41) is 18.1. The highest BCUT2D eigenvalue weighted by Gasteiger charge is 2.17. The molecule has 0 bridgehead atoms. The van der Waals surface area contributed by atoms with E-state index in [1.807, 2.05) is 71.4 Å². The molecule has 0 amide bonds. The van der Waals surface area contributed by atoms with Gasteiger partial charge in [-0.25, -0.2) is 4.98 Å². The smallest absolute Gasteiger partial charge is 0.240 e. The SMILES string of the molecule is c1ccc(-c2cc3nnc(-c4ccccc4)n3nc2OCc2ncn(CCN3CCOCC3)n2)cc1. The molecular formula is C26H26N8O2.